The van der Waals surface area contributed by atoms with Gasteiger partial charge in [0, 0.05) is 6.42 Å². The Bertz CT molecular complexity index is 1110. The minimum absolute atomic E-state index is 0.233. The number of rotatable bonds is 41. The molecule has 1 aliphatic heterocycles. The molecule has 0 spiro atoms. The molecule has 1 heterocycles. The first kappa shape index (κ1) is 55.9. The Morgan fingerprint density at radius 2 is 1.08 bits per heavy atom. The maximum Gasteiger partial charge on any atom is 0.397 e. The van der Waals surface area contributed by atoms with Crippen molar-refractivity contribution in [3.8, 4) is 0 Å². The van der Waals surface area contributed by atoms with E-state index in [1.54, 1.807) is 0 Å². The standard InChI is InChI=1S/C46H89NO11S/c1-3-5-7-9-11-13-15-17-18-19-20-21-22-24-26-28-30-32-34-36-42(50)47-39(40(49)35-33-31-29-27-25-23-16-14-12-10-8-6-4-2)38-56-46-44(52)45(58-59(53,54)55)43(51)41(37-48)57-46/h19-20,39-41,43-46,48-49,51-52H,3-18,21-38H2,1-2H3,(H,47,50)(H,53,54,55)/b20-19-. The van der Waals surface area contributed by atoms with Crippen LogP contribution in [0.25, 0.3) is 0 Å². The molecule has 59 heavy (non-hydrogen) atoms. The lowest BCUT2D eigenvalue weighted by atomic mass is 9.99. The molecule has 0 bridgehead atoms. The number of unbranched alkanes of at least 4 members (excludes halogenated alkanes) is 27. The molecule has 1 fully saturated rings. The third kappa shape index (κ3) is 30.5. The smallest absolute Gasteiger partial charge is 0.394 e. The van der Waals surface area contributed by atoms with Crippen LogP contribution in [-0.2, 0) is 28.9 Å². The molecule has 0 aliphatic carbocycles. The van der Waals surface area contributed by atoms with E-state index in [2.05, 4.69) is 35.5 Å². The largest absolute Gasteiger partial charge is 0.397 e. The van der Waals surface area contributed by atoms with Gasteiger partial charge < -0.3 is 35.2 Å². The van der Waals surface area contributed by atoms with Crippen molar-refractivity contribution >= 4 is 16.3 Å². The van der Waals surface area contributed by atoms with Crippen molar-refractivity contribution < 1.29 is 51.8 Å². The van der Waals surface area contributed by atoms with Gasteiger partial charge in [0.15, 0.2) is 6.29 Å². The first-order valence-corrected chi connectivity index (χ1v) is 25.4. The monoisotopic (exact) mass is 864 g/mol. The third-order valence-electron chi connectivity index (χ3n) is 11.6. The molecule has 350 valence electrons. The van der Waals surface area contributed by atoms with Crippen molar-refractivity contribution in [2.75, 3.05) is 13.2 Å². The van der Waals surface area contributed by atoms with Crippen molar-refractivity contribution in [1.82, 2.24) is 5.32 Å². The van der Waals surface area contributed by atoms with Crippen LogP contribution in [0.1, 0.15) is 219 Å². The molecular weight excluding hydrogens is 775 g/mol. The lowest BCUT2D eigenvalue weighted by Gasteiger charge is -2.41. The number of allylic oxidation sites excluding steroid dienone is 2. The minimum atomic E-state index is -5.07. The molecule has 0 saturated carbocycles. The Labute approximate surface area is 360 Å². The van der Waals surface area contributed by atoms with Gasteiger partial charge in [-0.15, -0.1) is 0 Å². The average molecular weight is 864 g/mol. The number of carbonyl (C=O) groups excluding carboxylic acids is 1. The Kier molecular flexibility index (Phi) is 35.4. The van der Waals surface area contributed by atoms with Gasteiger partial charge in [0.25, 0.3) is 0 Å². The summed E-state index contributed by atoms with van der Waals surface area (Å²) in [5.41, 5.74) is 0. The number of hydrogen-bond donors (Lipinski definition) is 6. The summed E-state index contributed by atoms with van der Waals surface area (Å²) in [4.78, 5) is 13.0. The van der Waals surface area contributed by atoms with E-state index < -0.39 is 59.9 Å². The van der Waals surface area contributed by atoms with Crippen LogP contribution in [0.2, 0.25) is 0 Å². The fourth-order valence-electron chi connectivity index (χ4n) is 7.81. The van der Waals surface area contributed by atoms with Crippen LogP contribution in [0.3, 0.4) is 0 Å². The third-order valence-corrected chi connectivity index (χ3v) is 12.0. The summed E-state index contributed by atoms with van der Waals surface area (Å²) in [5, 5.41) is 44.8. The van der Waals surface area contributed by atoms with Gasteiger partial charge in [0.2, 0.25) is 5.91 Å². The molecule has 0 aromatic heterocycles. The first-order chi connectivity index (χ1) is 28.5. The van der Waals surface area contributed by atoms with E-state index in [4.69, 9.17) is 9.47 Å². The predicted octanol–water partition coefficient (Wildman–Crippen LogP) is 9.55. The van der Waals surface area contributed by atoms with Crippen molar-refractivity contribution in [1.29, 1.82) is 0 Å². The summed E-state index contributed by atoms with van der Waals surface area (Å²) in [6.07, 6.45) is 32.1. The lowest BCUT2D eigenvalue weighted by Crippen LogP contribution is -2.61. The normalized spacial score (nSPS) is 21.0. The predicted molar refractivity (Wildman–Crippen MR) is 236 cm³/mol. The minimum Gasteiger partial charge on any atom is -0.394 e. The lowest BCUT2D eigenvalue weighted by molar-refractivity contribution is -0.298. The van der Waals surface area contributed by atoms with E-state index in [0.717, 1.165) is 51.4 Å². The molecule has 1 aliphatic rings. The van der Waals surface area contributed by atoms with E-state index in [9.17, 15) is 38.2 Å². The van der Waals surface area contributed by atoms with Gasteiger partial charge in [0.05, 0.1) is 25.4 Å². The summed E-state index contributed by atoms with van der Waals surface area (Å²) in [7, 11) is -5.07. The summed E-state index contributed by atoms with van der Waals surface area (Å²) in [5.74, 6) is -0.233. The highest BCUT2D eigenvalue weighted by atomic mass is 32.3. The van der Waals surface area contributed by atoms with E-state index in [1.165, 1.54) is 135 Å². The number of ether oxygens (including phenoxy) is 2. The highest BCUT2D eigenvalue weighted by Gasteiger charge is 2.48. The van der Waals surface area contributed by atoms with Crippen molar-refractivity contribution in [3.05, 3.63) is 12.2 Å². The Hall–Kier alpha value is -1.16. The first-order valence-electron chi connectivity index (χ1n) is 24.1. The molecule has 0 aromatic rings. The van der Waals surface area contributed by atoms with Gasteiger partial charge in [-0.2, -0.15) is 8.42 Å². The van der Waals surface area contributed by atoms with Gasteiger partial charge in [-0.05, 0) is 38.5 Å². The molecule has 7 unspecified atom stereocenters. The average Bonchev–Trinajstić information content (AvgIpc) is 3.20. The Morgan fingerprint density at radius 1 is 0.661 bits per heavy atom. The van der Waals surface area contributed by atoms with Crippen LogP contribution < -0.4 is 5.32 Å². The fourth-order valence-corrected chi connectivity index (χ4v) is 8.32. The summed E-state index contributed by atoms with van der Waals surface area (Å²) in [6.45, 7) is 3.45. The molecule has 0 aromatic carbocycles. The summed E-state index contributed by atoms with van der Waals surface area (Å²) >= 11 is 0. The van der Waals surface area contributed by atoms with E-state index in [0.29, 0.717) is 12.8 Å². The second-order valence-electron chi connectivity index (χ2n) is 17.0. The second-order valence-corrected chi connectivity index (χ2v) is 18.1. The van der Waals surface area contributed by atoms with Crippen molar-refractivity contribution in [2.24, 2.45) is 0 Å². The SMILES string of the molecule is CCCCCCCCCC/C=C\CCCCCCCCCC(=O)NC(COC1OC(CO)C(O)C(OS(=O)(=O)O)C1O)C(O)CCCCCCCCCCCCCCC. The maximum atomic E-state index is 13.0. The topological polar surface area (TPSA) is 192 Å². The van der Waals surface area contributed by atoms with Gasteiger partial charge >= 0.3 is 10.4 Å². The van der Waals surface area contributed by atoms with Crippen LogP contribution in [0, 0.1) is 0 Å². The molecule has 1 rings (SSSR count). The van der Waals surface area contributed by atoms with Gasteiger partial charge in [-0.25, -0.2) is 4.18 Å². The van der Waals surface area contributed by atoms with Crippen LogP contribution in [0.5, 0.6) is 0 Å². The van der Waals surface area contributed by atoms with Crippen LogP contribution in [0.15, 0.2) is 12.2 Å². The Morgan fingerprint density at radius 3 is 1.53 bits per heavy atom. The Balaban J connectivity index is 2.46. The molecule has 6 N–H and O–H groups in total. The van der Waals surface area contributed by atoms with E-state index in [-0.39, 0.29) is 18.9 Å². The molecule has 1 saturated heterocycles. The van der Waals surface area contributed by atoms with Gasteiger partial charge in [-0.3, -0.25) is 9.35 Å². The van der Waals surface area contributed by atoms with Crippen molar-refractivity contribution in [2.45, 2.75) is 262 Å². The quantitative estimate of drug-likeness (QED) is 0.0195. The van der Waals surface area contributed by atoms with Crippen molar-refractivity contribution in [3.63, 3.8) is 0 Å². The van der Waals surface area contributed by atoms with Crippen LogP contribution >= 0.6 is 0 Å². The molecule has 0 radical (unpaired) electrons. The zero-order valence-electron chi connectivity index (χ0n) is 37.3. The highest BCUT2D eigenvalue weighted by molar-refractivity contribution is 7.80. The molecule has 12 nitrogen and oxygen atoms in total. The summed E-state index contributed by atoms with van der Waals surface area (Å²) < 4.78 is 47.7. The zero-order chi connectivity index (χ0) is 43.4. The van der Waals surface area contributed by atoms with Crippen LogP contribution in [0.4, 0.5) is 0 Å². The second kappa shape index (κ2) is 37.4. The number of nitrogens with one attached hydrogen (secondary N) is 1. The fraction of sp³-hybridized carbons (Fsp3) is 0.935. The molecule has 13 heteroatoms. The van der Waals surface area contributed by atoms with E-state index in [1.807, 2.05) is 0 Å². The van der Waals surface area contributed by atoms with Gasteiger partial charge in [-0.1, -0.05) is 187 Å². The van der Waals surface area contributed by atoms with Crippen LogP contribution in [-0.4, -0.2) is 95.4 Å². The number of aliphatic hydroxyl groups is 4. The maximum absolute atomic E-state index is 13.0. The molecule has 7 atom stereocenters. The number of amides is 1. The highest BCUT2D eigenvalue weighted by Crippen LogP contribution is 2.26. The molecular formula is C46H89NO11S. The van der Waals surface area contributed by atoms with Gasteiger partial charge in [0.1, 0.15) is 24.4 Å². The molecule has 1 amide bonds. The number of aliphatic hydroxyl groups excluding tert-OH is 4. The number of hydrogen-bond acceptors (Lipinski definition) is 10. The summed E-state index contributed by atoms with van der Waals surface area (Å²) in [6, 6.07) is -0.856. The van der Waals surface area contributed by atoms with E-state index >= 15 is 0 Å². The number of carbonyl (C=O) groups is 1. The zero-order valence-corrected chi connectivity index (χ0v) is 38.1.